The van der Waals surface area contributed by atoms with Gasteiger partial charge in [-0.3, -0.25) is 4.79 Å². The minimum atomic E-state index is 0.0236. The maximum atomic E-state index is 12.4. The van der Waals surface area contributed by atoms with Crippen molar-refractivity contribution in [3.8, 4) is 0 Å². The Labute approximate surface area is 120 Å². The van der Waals surface area contributed by atoms with Crippen LogP contribution >= 0.6 is 0 Å². The monoisotopic (exact) mass is 268 g/mol. The molecule has 3 heteroatoms. The van der Waals surface area contributed by atoms with Gasteiger partial charge >= 0.3 is 0 Å². The number of carbonyl (C=O) groups is 1. The van der Waals surface area contributed by atoms with Crippen LogP contribution in [0.15, 0.2) is 42.5 Å². The summed E-state index contributed by atoms with van der Waals surface area (Å²) in [7, 11) is 1.81. The maximum absolute atomic E-state index is 12.4. The van der Waals surface area contributed by atoms with Gasteiger partial charge < -0.3 is 10.6 Å². The lowest BCUT2D eigenvalue weighted by Gasteiger charge is -2.18. The first kappa shape index (κ1) is 14.1. The molecule has 0 atom stereocenters. The Morgan fingerprint density at radius 3 is 2.50 bits per heavy atom. The molecule has 2 N–H and O–H groups in total. The molecule has 0 heterocycles. The van der Waals surface area contributed by atoms with E-state index < -0.39 is 0 Å². The molecule has 2 aromatic carbocycles. The molecule has 0 unspecified atom stereocenters. The Balaban J connectivity index is 2.14. The SMILES string of the molecule is Cc1ccc(C(=O)N(C)Cc2cccc(N)c2)cc1C. The number of amides is 1. The fraction of sp³-hybridized carbons (Fsp3) is 0.235. The third-order valence-electron chi connectivity index (χ3n) is 3.47. The second-order valence-corrected chi connectivity index (χ2v) is 5.21. The van der Waals surface area contributed by atoms with Crippen LogP contribution in [0.5, 0.6) is 0 Å². The molecule has 2 rings (SSSR count). The fourth-order valence-corrected chi connectivity index (χ4v) is 2.13. The zero-order chi connectivity index (χ0) is 14.7. The number of nitrogens with two attached hydrogens (primary N) is 1. The average Bonchev–Trinajstić information content (AvgIpc) is 2.41. The molecule has 0 aliphatic carbocycles. The Kier molecular flexibility index (Phi) is 4.08. The lowest BCUT2D eigenvalue weighted by atomic mass is 10.1. The number of anilines is 1. The normalized spacial score (nSPS) is 10.3. The number of benzene rings is 2. The van der Waals surface area contributed by atoms with Gasteiger partial charge in [-0.1, -0.05) is 18.2 Å². The Hall–Kier alpha value is -2.29. The predicted molar refractivity (Wildman–Crippen MR) is 82.6 cm³/mol. The second-order valence-electron chi connectivity index (χ2n) is 5.21. The van der Waals surface area contributed by atoms with Crippen LogP contribution in [0.1, 0.15) is 27.0 Å². The molecule has 3 nitrogen and oxygen atoms in total. The lowest BCUT2D eigenvalue weighted by molar-refractivity contribution is 0.0785. The number of nitrogen functional groups attached to an aromatic ring is 1. The van der Waals surface area contributed by atoms with Crippen molar-refractivity contribution in [3.05, 3.63) is 64.7 Å². The molecule has 0 bridgehead atoms. The summed E-state index contributed by atoms with van der Waals surface area (Å²) in [5.74, 6) is 0.0236. The van der Waals surface area contributed by atoms with Gasteiger partial charge in [0.1, 0.15) is 0 Å². The van der Waals surface area contributed by atoms with Crippen LogP contribution in [-0.4, -0.2) is 17.9 Å². The van der Waals surface area contributed by atoms with Crippen LogP contribution in [0, 0.1) is 13.8 Å². The van der Waals surface area contributed by atoms with Crippen molar-refractivity contribution in [1.29, 1.82) is 0 Å². The first-order valence-corrected chi connectivity index (χ1v) is 6.64. The van der Waals surface area contributed by atoms with Gasteiger partial charge in [0.05, 0.1) is 0 Å². The molecule has 0 fully saturated rings. The van der Waals surface area contributed by atoms with Crippen molar-refractivity contribution in [2.24, 2.45) is 0 Å². The van der Waals surface area contributed by atoms with Crippen LogP contribution in [0.4, 0.5) is 5.69 Å². The van der Waals surface area contributed by atoms with Crippen LogP contribution in [-0.2, 0) is 6.54 Å². The lowest BCUT2D eigenvalue weighted by Crippen LogP contribution is -2.26. The highest BCUT2D eigenvalue weighted by Crippen LogP contribution is 2.14. The fourth-order valence-electron chi connectivity index (χ4n) is 2.13. The molecular weight excluding hydrogens is 248 g/mol. The van der Waals surface area contributed by atoms with Crippen molar-refractivity contribution >= 4 is 11.6 Å². The van der Waals surface area contributed by atoms with Crippen molar-refractivity contribution < 1.29 is 4.79 Å². The highest BCUT2D eigenvalue weighted by atomic mass is 16.2. The summed E-state index contributed by atoms with van der Waals surface area (Å²) in [5, 5.41) is 0. The molecule has 0 aliphatic heterocycles. The molecule has 0 spiro atoms. The van der Waals surface area contributed by atoms with Gasteiger partial charge in [0.15, 0.2) is 0 Å². The number of carbonyl (C=O) groups excluding carboxylic acids is 1. The summed E-state index contributed by atoms with van der Waals surface area (Å²) < 4.78 is 0. The van der Waals surface area contributed by atoms with Crippen molar-refractivity contribution in [2.75, 3.05) is 12.8 Å². The van der Waals surface area contributed by atoms with E-state index in [4.69, 9.17) is 5.73 Å². The van der Waals surface area contributed by atoms with E-state index in [-0.39, 0.29) is 5.91 Å². The van der Waals surface area contributed by atoms with E-state index in [1.165, 1.54) is 5.56 Å². The molecule has 0 aromatic heterocycles. The predicted octanol–water partition coefficient (Wildman–Crippen LogP) is 3.16. The van der Waals surface area contributed by atoms with Crippen LogP contribution in [0.3, 0.4) is 0 Å². The van der Waals surface area contributed by atoms with E-state index >= 15 is 0 Å². The maximum Gasteiger partial charge on any atom is 0.253 e. The highest BCUT2D eigenvalue weighted by Gasteiger charge is 2.12. The Morgan fingerprint density at radius 2 is 1.85 bits per heavy atom. The summed E-state index contributed by atoms with van der Waals surface area (Å²) in [5.41, 5.74) is 10.6. The van der Waals surface area contributed by atoms with E-state index in [0.29, 0.717) is 6.54 Å². The second kappa shape index (κ2) is 5.78. The molecular formula is C17H20N2O. The van der Waals surface area contributed by atoms with Crippen molar-refractivity contribution in [2.45, 2.75) is 20.4 Å². The van der Waals surface area contributed by atoms with Crippen molar-refractivity contribution in [3.63, 3.8) is 0 Å². The Morgan fingerprint density at radius 1 is 1.10 bits per heavy atom. The van der Waals surface area contributed by atoms with E-state index in [9.17, 15) is 4.79 Å². The van der Waals surface area contributed by atoms with Gasteiger partial charge in [0, 0.05) is 24.8 Å². The molecule has 2 aromatic rings. The Bertz CT molecular complexity index is 635. The third kappa shape index (κ3) is 3.18. The summed E-state index contributed by atoms with van der Waals surface area (Å²) in [4.78, 5) is 14.1. The smallest absolute Gasteiger partial charge is 0.253 e. The molecule has 0 saturated heterocycles. The molecule has 0 aliphatic rings. The van der Waals surface area contributed by atoms with E-state index in [1.807, 2.05) is 56.3 Å². The van der Waals surface area contributed by atoms with Gasteiger partial charge in [-0.2, -0.15) is 0 Å². The summed E-state index contributed by atoms with van der Waals surface area (Å²) in [6.45, 7) is 4.61. The third-order valence-corrected chi connectivity index (χ3v) is 3.47. The summed E-state index contributed by atoms with van der Waals surface area (Å²) in [6.07, 6.45) is 0. The van der Waals surface area contributed by atoms with Crippen molar-refractivity contribution in [1.82, 2.24) is 4.90 Å². The first-order chi connectivity index (χ1) is 9.47. The molecule has 0 saturated carbocycles. The quantitative estimate of drug-likeness (QED) is 0.869. The average molecular weight is 268 g/mol. The van der Waals surface area contributed by atoms with Gasteiger partial charge in [0.2, 0.25) is 0 Å². The van der Waals surface area contributed by atoms with Gasteiger partial charge in [0.25, 0.3) is 5.91 Å². The van der Waals surface area contributed by atoms with Crippen LogP contribution < -0.4 is 5.73 Å². The molecule has 1 amide bonds. The summed E-state index contributed by atoms with van der Waals surface area (Å²) >= 11 is 0. The molecule has 104 valence electrons. The van der Waals surface area contributed by atoms with Crippen LogP contribution in [0.2, 0.25) is 0 Å². The van der Waals surface area contributed by atoms with Gasteiger partial charge in [-0.25, -0.2) is 0 Å². The zero-order valence-corrected chi connectivity index (χ0v) is 12.2. The number of hydrogen-bond acceptors (Lipinski definition) is 2. The van der Waals surface area contributed by atoms with Gasteiger partial charge in [-0.15, -0.1) is 0 Å². The standard InChI is InChI=1S/C17H20N2O/c1-12-7-8-15(9-13(12)2)17(20)19(3)11-14-5-4-6-16(18)10-14/h4-10H,11,18H2,1-3H3. The largest absolute Gasteiger partial charge is 0.399 e. The molecule has 0 radical (unpaired) electrons. The highest BCUT2D eigenvalue weighted by molar-refractivity contribution is 5.94. The molecule has 20 heavy (non-hydrogen) atoms. The minimum absolute atomic E-state index is 0.0236. The topological polar surface area (TPSA) is 46.3 Å². The summed E-state index contributed by atoms with van der Waals surface area (Å²) in [6, 6.07) is 13.4. The minimum Gasteiger partial charge on any atom is -0.399 e. The van der Waals surface area contributed by atoms with E-state index in [2.05, 4.69) is 0 Å². The number of nitrogens with zero attached hydrogens (tertiary/aromatic N) is 1. The van der Waals surface area contributed by atoms with E-state index in [1.54, 1.807) is 11.9 Å². The van der Waals surface area contributed by atoms with E-state index in [0.717, 1.165) is 22.4 Å². The first-order valence-electron chi connectivity index (χ1n) is 6.64. The number of aryl methyl sites for hydroxylation is 2. The van der Waals surface area contributed by atoms with Gasteiger partial charge in [-0.05, 0) is 54.8 Å². The van der Waals surface area contributed by atoms with Crippen LogP contribution in [0.25, 0.3) is 0 Å². The number of rotatable bonds is 3. The zero-order valence-electron chi connectivity index (χ0n) is 12.2. The number of hydrogen-bond donors (Lipinski definition) is 1.